The molecule has 2 atom stereocenters. The largest absolute Gasteiger partial charge is 0.338 e. The minimum Gasteiger partial charge on any atom is -0.338 e. The van der Waals surface area contributed by atoms with Gasteiger partial charge in [0.15, 0.2) is 0 Å². The molecule has 0 spiro atoms. The van der Waals surface area contributed by atoms with Crippen LogP contribution in [0.2, 0.25) is 0 Å². The minimum atomic E-state index is 0.212. The van der Waals surface area contributed by atoms with E-state index < -0.39 is 0 Å². The van der Waals surface area contributed by atoms with Crippen molar-refractivity contribution >= 4 is 5.91 Å². The fourth-order valence-electron chi connectivity index (χ4n) is 4.33. The average Bonchev–Trinajstić information content (AvgIpc) is 3.36. The van der Waals surface area contributed by atoms with Crippen LogP contribution < -0.4 is 0 Å². The number of aromatic nitrogens is 3. The normalized spacial score (nSPS) is 24.1. The van der Waals surface area contributed by atoms with E-state index in [-0.39, 0.29) is 5.91 Å². The van der Waals surface area contributed by atoms with Crippen molar-refractivity contribution in [3.8, 4) is 5.69 Å². The predicted octanol–water partition coefficient (Wildman–Crippen LogP) is 2.24. The standard InChI is InChI=1S/C19H25N5O/c1-15(25)23-12-6-10-19(23)18-9-5-11-22(18)14-16-13-20-24(21-16)17-7-3-2-4-8-17/h2-4,7-8,13,18-19H,5-6,9-12,14H2,1H3/t18-,19-/m0/s1. The summed E-state index contributed by atoms with van der Waals surface area (Å²) in [5.41, 5.74) is 1.97. The number of nitrogens with zero attached hydrogens (tertiary/aromatic N) is 5. The van der Waals surface area contributed by atoms with E-state index in [4.69, 9.17) is 0 Å². The van der Waals surface area contributed by atoms with Crippen molar-refractivity contribution in [1.82, 2.24) is 24.8 Å². The highest BCUT2D eigenvalue weighted by molar-refractivity contribution is 5.74. The number of hydrogen-bond donors (Lipinski definition) is 0. The molecule has 0 unspecified atom stereocenters. The Hall–Kier alpha value is -2.21. The molecule has 1 amide bonds. The van der Waals surface area contributed by atoms with Gasteiger partial charge in [0.05, 0.1) is 17.6 Å². The van der Waals surface area contributed by atoms with Crippen LogP contribution in [0.15, 0.2) is 36.5 Å². The number of rotatable bonds is 4. The molecule has 0 aliphatic carbocycles. The highest BCUT2D eigenvalue weighted by atomic mass is 16.2. The van der Waals surface area contributed by atoms with Gasteiger partial charge < -0.3 is 4.90 Å². The molecule has 1 aromatic heterocycles. The summed E-state index contributed by atoms with van der Waals surface area (Å²) in [4.78, 5) is 18.2. The molecule has 132 valence electrons. The van der Waals surface area contributed by atoms with Crippen LogP contribution in [-0.4, -0.2) is 55.9 Å². The summed E-state index contributed by atoms with van der Waals surface area (Å²) in [5, 5.41) is 9.05. The first-order valence-corrected chi connectivity index (χ1v) is 9.20. The third-order valence-corrected chi connectivity index (χ3v) is 5.45. The molecule has 1 aromatic carbocycles. The van der Waals surface area contributed by atoms with Gasteiger partial charge in [-0.1, -0.05) is 18.2 Å². The van der Waals surface area contributed by atoms with Gasteiger partial charge in [-0.05, 0) is 44.4 Å². The maximum atomic E-state index is 11.9. The summed E-state index contributed by atoms with van der Waals surface area (Å²) in [6.07, 6.45) is 6.47. The molecule has 4 rings (SSSR count). The third kappa shape index (κ3) is 3.31. The molecular weight excluding hydrogens is 314 g/mol. The van der Waals surface area contributed by atoms with E-state index in [2.05, 4.69) is 20.0 Å². The second-order valence-corrected chi connectivity index (χ2v) is 7.06. The summed E-state index contributed by atoms with van der Waals surface area (Å²) in [5.74, 6) is 0.212. The molecular formula is C19H25N5O. The smallest absolute Gasteiger partial charge is 0.219 e. The highest BCUT2D eigenvalue weighted by Crippen LogP contribution is 2.30. The van der Waals surface area contributed by atoms with Crippen LogP contribution in [0.3, 0.4) is 0 Å². The third-order valence-electron chi connectivity index (χ3n) is 5.45. The van der Waals surface area contributed by atoms with Crippen LogP contribution in [-0.2, 0) is 11.3 Å². The van der Waals surface area contributed by atoms with Crippen molar-refractivity contribution in [3.05, 3.63) is 42.2 Å². The molecule has 6 heteroatoms. The van der Waals surface area contributed by atoms with E-state index in [1.165, 1.54) is 12.8 Å². The van der Waals surface area contributed by atoms with Crippen LogP contribution in [0.4, 0.5) is 0 Å². The fourth-order valence-corrected chi connectivity index (χ4v) is 4.33. The molecule has 0 N–H and O–H groups in total. The zero-order chi connectivity index (χ0) is 17.2. The Bertz CT molecular complexity index is 728. The summed E-state index contributed by atoms with van der Waals surface area (Å²) in [6.45, 7) is 4.49. The van der Waals surface area contributed by atoms with Crippen molar-refractivity contribution < 1.29 is 4.79 Å². The Balaban J connectivity index is 1.47. The Kier molecular flexibility index (Phi) is 4.53. The Morgan fingerprint density at radius 1 is 1.12 bits per heavy atom. The Morgan fingerprint density at radius 2 is 1.88 bits per heavy atom. The molecule has 0 radical (unpaired) electrons. The molecule has 2 aromatic rings. The van der Waals surface area contributed by atoms with Gasteiger partial charge in [-0.25, -0.2) is 0 Å². The number of para-hydroxylation sites is 1. The number of carbonyl (C=O) groups excluding carboxylic acids is 1. The first kappa shape index (κ1) is 16.3. The molecule has 6 nitrogen and oxygen atoms in total. The van der Waals surface area contributed by atoms with Crippen molar-refractivity contribution in [3.63, 3.8) is 0 Å². The monoisotopic (exact) mass is 339 g/mol. The second-order valence-electron chi connectivity index (χ2n) is 7.06. The van der Waals surface area contributed by atoms with Crippen LogP contribution in [0.25, 0.3) is 5.69 Å². The topological polar surface area (TPSA) is 54.3 Å². The average molecular weight is 339 g/mol. The number of hydrogen-bond acceptors (Lipinski definition) is 4. The number of likely N-dealkylation sites (tertiary alicyclic amines) is 2. The second kappa shape index (κ2) is 6.96. The zero-order valence-corrected chi connectivity index (χ0v) is 14.7. The van der Waals surface area contributed by atoms with Gasteiger partial charge in [0.2, 0.25) is 5.91 Å². The fraction of sp³-hybridized carbons (Fsp3) is 0.526. The number of amides is 1. The SMILES string of the molecule is CC(=O)N1CCC[C@H]1[C@@H]1CCCN1Cc1cnn(-c2ccccc2)n1. The van der Waals surface area contributed by atoms with Crippen molar-refractivity contribution in [2.24, 2.45) is 0 Å². The lowest BCUT2D eigenvalue weighted by Crippen LogP contribution is -2.47. The number of carbonyl (C=O) groups is 1. The molecule has 2 fully saturated rings. The first-order valence-electron chi connectivity index (χ1n) is 9.20. The molecule has 2 saturated heterocycles. The van der Waals surface area contributed by atoms with E-state index in [9.17, 15) is 4.79 Å². The van der Waals surface area contributed by atoms with E-state index in [0.29, 0.717) is 12.1 Å². The van der Waals surface area contributed by atoms with Crippen molar-refractivity contribution in [2.75, 3.05) is 13.1 Å². The molecule has 2 aliphatic heterocycles. The lowest BCUT2D eigenvalue weighted by molar-refractivity contribution is -0.130. The highest BCUT2D eigenvalue weighted by Gasteiger charge is 2.38. The first-order chi connectivity index (χ1) is 12.2. The van der Waals surface area contributed by atoms with Crippen molar-refractivity contribution in [1.29, 1.82) is 0 Å². The van der Waals surface area contributed by atoms with Gasteiger partial charge in [0.25, 0.3) is 0 Å². The van der Waals surface area contributed by atoms with Gasteiger partial charge in [0.1, 0.15) is 0 Å². The molecule has 25 heavy (non-hydrogen) atoms. The zero-order valence-electron chi connectivity index (χ0n) is 14.7. The van der Waals surface area contributed by atoms with E-state index in [0.717, 1.165) is 43.9 Å². The van der Waals surface area contributed by atoms with Crippen molar-refractivity contribution in [2.45, 2.75) is 51.2 Å². The van der Waals surface area contributed by atoms with E-state index in [1.54, 1.807) is 11.7 Å². The maximum Gasteiger partial charge on any atom is 0.219 e. The molecule has 0 saturated carbocycles. The van der Waals surface area contributed by atoms with Crippen LogP contribution in [0, 0.1) is 0 Å². The van der Waals surface area contributed by atoms with Crippen LogP contribution >= 0.6 is 0 Å². The lowest BCUT2D eigenvalue weighted by Gasteiger charge is -2.34. The van der Waals surface area contributed by atoms with Crippen LogP contribution in [0.5, 0.6) is 0 Å². The summed E-state index contributed by atoms with van der Waals surface area (Å²) >= 11 is 0. The summed E-state index contributed by atoms with van der Waals surface area (Å²) < 4.78 is 0. The molecule has 0 bridgehead atoms. The Morgan fingerprint density at radius 3 is 2.68 bits per heavy atom. The van der Waals surface area contributed by atoms with Gasteiger partial charge >= 0.3 is 0 Å². The summed E-state index contributed by atoms with van der Waals surface area (Å²) in [7, 11) is 0. The van der Waals surface area contributed by atoms with E-state index in [1.807, 2.05) is 36.5 Å². The number of benzene rings is 1. The van der Waals surface area contributed by atoms with Gasteiger partial charge in [-0.15, -0.1) is 0 Å². The lowest BCUT2D eigenvalue weighted by atomic mass is 10.0. The van der Waals surface area contributed by atoms with E-state index >= 15 is 0 Å². The maximum absolute atomic E-state index is 11.9. The van der Waals surface area contributed by atoms with Crippen LogP contribution in [0.1, 0.15) is 38.3 Å². The molecule has 3 heterocycles. The molecule has 2 aliphatic rings. The van der Waals surface area contributed by atoms with Gasteiger partial charge in [0, 0.05) is 32.1 Å². The minimum absolute atomic E-state index is 0.212. The Labute approximate surface area is 148 Å². The van der Waals surface area contributed by atoms with Gasteiger partial charge in [-0.2, -0.15) is 15.0 Å². The quantitative estimate of drug-likeness (QED) is 0.857. The predicted molar refractivity (Wildman–Crippen MR) is 95.2 cm³/mol. The van der Waals surface area contributed by atoms with Gasteiger partial charge in [-0.3, -0.25) is 9.69 Å². The summed E-state index contributed by atoms with van der Waals surface area (Å²) in [6, 6.07) is 10.8.